The van der Waals surface area contributed by atoms with Gasteiger partial charge in [-0.25, -0.2) is 4.98 Å². The summed E-state index contributed by atoms with van der Waals surface area (Å²) in [6.07, 6.45) is 2.06. The SMILES string of the molecule is COc1ccc(C2CCCN2c2cc(Cl)nc(N)n2)c(OC)c1. The Morgan fingerprint density at radius 3 is 2.74 bits per heavy atom. The molecule has 2 N–H and O–H groups in total. The Balaban J connectivity index is 1.98. The molecule has 1 atom stereocenters. The third-order valence-corrected chi connectivity index (χ3v) is 4.24. The zero-order valence-corrected chi connectivity index (χ0v) is 13.9. The van der Waals surface area contributed by atoms with Crippen molar-refractivity contribution in [2.75, 3.05) is 31.4 Å². The highest BCUT2D eigenvalue weighted by Gasteiger charge is 2.30. The van der Waals surface area contributed by atoms with Crippen molar-refractivity contribution in [1.29, 1.82) is 0 Å². The molecule has 1 aromatic carbocycles. The van der Waals surface area contributed by atoms with Crippen molar-refractivity contribution in [3.63, 3.8) is 0 Å². The summed E-state index contributed by atoms with van der Waals surface area (Å²) < 4.78 is 10.8. The largest absolute Gasteiger partial charge is 0.497 e. The number of methoxy groups -OCH3 is 2. The summed E-state index contributed by atoms with van der Waals surface area (Å²) in [6, 6.07) is 7.77. The topological polar surface area (TPSA) is 73.5 Å². The van der Waals surface area contributed by atoms with E-state index in [0.717, 1.165) is 42.3 Å². The Bertz CT molecular complexity index is 690. The molecule has 1 aliphatic rings. The molecule has 122 valence electrons. The highest BCUT2D eigenvalue weighted by molar-refractivity contribution is 6.29. The van der Waals surface area contributed by atoms with E-state index >= 15 is 0 Å². The number of hydrogen-bond donors (Lipinski definition) is 1. The molecule has 1 fully saturated rings. The number of anilines is 2. The first-order chi connectivity index (χ1) is 11.1. The van der Waals surface area contributed by atoms with Crippen molar-refractivity contribution in [2.24, 2.45) is 0 Å². The number of ether oxygens (including phenoxy) is 2. The monoisotopic (exact) mass is 334 g/mol. The van der Waals surface area contributed by atoms with Crippen LogP contribution in [0.1, 0.15) is 24.4 Å². The quantitative estimate of drug-likeness (QED) is 0.866. The van der Waals surface area contributed by atoms with E-state index < -0.39 is 0 Å². The lowest BCUT2D eigenvalue weighted by Crippen LogP contribution is -2.24. The highest BCUT2D eigenvalue weighted by Crippen LogP contribution is 2.40. The van der Waals surface area contributed by atoms with Gasteiger partial charge in [0.05, 0.1) is 20.3 Å². The van der Waals surface area contributed by atoms with Crippen molar-refractivity contribution >= 4 is 23.4 Å². The Kier molecular flexibility index (Phi) is 4.43. The van der Waals surface area contributed by atoms with Crippen molar-refractivity contribution in [3.05, 3.63) is 35.0 Å². The summed E-state index contributed by atoms with van der Waals surface area (Å²) in [4.78, 5) is 10.4. The number of hydrogen-bond acceptors (Lipinski definition) is 6. The predicted molar refractivity (Wildman–Crippen MR) is 90.3 cm³/mol. The smallest absolute Gasteiger partial charge is 0.223 e. The molecule has 1 aromatic heterocycles. The first-order valence-electron chi connectivity index (χ1n) is 7.41. The lowest BCUT2D eigenvalue weighted by molar-refractivity contribution is 0.388. The lowest BCUT2D eigenvalue weighted by atomic mass is 10.0. The fourth-order valence-corrected chi connectivity index (χ4v) is 3.21. The standard InChI is InChI=1S/C16H19ClN4O2/c1-22-10-5-6-11(13(8-10)23-2)12-4-3-7-21(12)15-9-14(17)19-16(18)20-15/h5-6,8-9,12H,3-4,7H2,1-2H3,(H2,18,19,20). The fraction of sp³-hybridized carbons (Fsp3) is 0.375. The minimum Gasteiger partial charge on any atom is -0.497 e. The third-order valence-electron chi connectivity index (χ3n) is 4.05. The van der Waals surface area contributed by atoms with Crippen LogP contribution in [0, 0.1) is 0 Å². The normalized spacial score (nSPS) is 17.3. The molecule has 0 amide bonds. The number of nitrogen functional groups attached to an aromatic ring is 1. The van der Waals surface area contributed by atoms with Gasteiger partial charge in [-0.15, -0.1) is 0 Å². The van der Waals surface area contributed by atoms with Crippen molar-refractivity contribution < 1.29 is 9.47 Å². The average Bonchev–Trinajstić information content (AvgIpc) is 3.02. The van der Waals surface area contributed by atoms with Gasteiger partial charge in [0.15, 0.2) is 0 Å². The molecule has 23 heavy (non-hydrogen) atoms. The van der Waals surface area contributed by atoms with Gasteiger partial charge in [-0.1, -0.05) is 11.6 Å². The molecule has 1 saturated heterocycles. The van der Waals surface area contributed by atoms with Crippen LogP contribution in [0.3, 0.4) is 0 Å². The summed E-state index contributed by atoms with van der Waals surface area (Å²) in [5.74, 6) is 2.49. The van der Waals surface area contributed by atoms with Gasteiger partial charge in [-0.05, 0) is 25.0 Å². The number of halogens is 1. The maximum atomic E-state index is 6.02. The second-order valence-corrected chi connectivity index (χ2v) is 5.75. The van der Waals surface area contributed by atoms with Gasteiger partial charge < -0.3 is 20.1 Å². The molecule has 1 unspecified atom stereocenters. The second kappa shape index (κ2) is 6.50. The zero-order valence-electron chi connectivity index (χ0n) is 13.1. The molecule has 2 heterocycles. The summed E-state index contributed by atoms with van der Waals surface area (Å²) in [5, 5.41) is 0.347. The molecule has 6 nitrogen and oxygen atoms in total. The summed E-state index contributed by atoms with van der Waals surface area (Å²) in [5.41, 5.74) is 6.83. The number of nitrogens with zero attached hydrogens (tertiary/aromatic N) is 3. The molecule has 1 aliphatic heterocycles. The van der Waals surface area contributed by atoms with Crippen LogP contribution in [0.4, 0.5) is 11.8 Å². The van der Waals surface area contributed by atoms with Gasteiger partial charge >= 0.3 is 0 Å². The van der Waals surface area contributed by atoms with Crippen LogP contribution < -0.4 is 20.1 Å². The van der Waals surface area contributed by atoms with Crippen molar-refractivity contribution in [2.45, 2.75) is 18.9 Å². The Labute approximate surface area is 140 Å². The Morgan fingerprint density at radius 1 is 1.22 bits per heavy atom. The Hall–Kier alpha value is -2.21. The third kappa shape index (κ3) is 3.12. The summed E-state index contributed by atoms with van der Waals surface area (Å²) in [7, 11) is 3.30. The van der Waals surface area contributed by atoms with Gasteiger partial charge in [0.1, 0.15) is 22.5 Å². The molecule has 3 rings (SSSR count). The van der Waals surface area contributed by atoms with Crippen LogP contribution in [-0.4, -0.2) is 30.7 Å². The van der Waals surface area contributed by atoms with Crippen LogP contribution in [0.2, 0.25) is 5.15 Å². The van der Waals surface area contributed by atoms with Crippen LogP contribution in [0.25, 0.3) is 0 Å². The fourth-order valence-electron chi connectivity index (χ4n) is 3.03. The van der Waals surface area contributed by atoms with Gasteiger partial charge in [0.2, 0.25) is 5.95 Å². The molecule has 2 aromatic rings. The second-order valence-electron chi connectivity index (χ2n) is 5.37. The van der Waals surface area contributed by atoms with E-state index in [0.29, 0.717) is 5.15 Å². The van der Waals surface area contributed by atoms with E-state index in [1.165, 1.54) is 0 Å². The maximum Gasteiger partial charge on any atom is 0.223 e. The minimum atomic E-state index is 0.154. The summed E-state index contributed by atoms with van der Waals surface area (Å²) in [6.45, 7) is 0.882. The molecule has 7 heteroatoms. The van der Waals surface area contributed by atoms with Gasteiger partial charge in [0, 0.05) is 24.2 Å². The van der Waals surface area contributed by atoms with Gasteiger partial charge in [0.25, 0.3) is 0 Å². The molecule has 0 spiro atoms. The first-order valence-corrected chi connectivity index (χ1v) is 7.79. The molecule has 0 bridgehead atoms. The predicted octanol–water partition coefficient (Wildman–Crippen LogP) is 3.07. The highest BCUT2D eigenvalue weighted by atomic mass is 35.5. The molecular weight excluding hydrogens is 316 g/mol. The minimum absolute atomic E-state index is 0.154. The van der Waals surface area contributed by atoms with Crippen LogP contribution >= 0.6 is 11.6 Å². The van der Waals surface area contributed by atoms with E-state index in [2.05, 4.69) is 14.9 Å². The van der Waals surface area contributed by atoms with E-state index in [9.17, 15) is 0 Å². The van der Waals surface area contributed by atoms with Crippen molar-refractivity contribution in [1.82, 2.24) is 9.97 Å². The lowest BCUT2D eigenvalue weighted by Gasteiger charge is -2.27. The van der Waals surface area contributed by atoms with Gasteiger partial charge in [-0.2, -0.15) is 4.98 Å². The van der Waals surface area contributed by atoms with E-state index in [4.69, 9.17) is 26.8 Å². The summed E-state index contributed by atoms with van der Waals surface area (Å²) >= 11 is 6.02. The number of rotatable bonds is 4. The average molecular weight is 335 g/mol. The number of nitrogens with two attached hydrogens (primary N) is 1. The van der Waals surface area contributed by atoms with E-state index in [1.54, 1.807) is 20.3 Å². The Morgan fingerprint density at radius 2 is 2.04 bits per heavy atom. The van der Waals surface area contributed by atoms with Crippen LogP contribution in [0.15, 0.2) is 24.3 Å². The van der Waals surface area contributed by atoms with E-state index in [-0.39, 0.29) is 12.0 Å². The first kappa shape index (κ1) is 15.7. The van der Waals surface area contributed by atoms with E-state index in [1.807, 2.05) is 18.2 Å². The molecule has 0 aliphatic carbocycles. The number of aromatic nitrogens is 2. The van der Waals surface area contributed by atoms with Crippen LogP contribution in [0.5, 0.6) is 11.5 Å². The molecule has 0 saturated carbocycles. The maximum absolute atomic E-state index is 6.02. The van der Waals surface area contributed by atoms with Gasteiger partial charge in [-0.3, -0.25) is 0 Å². The number of benzene rings is 1. The zero-order chi connectivity index (χ0) is 16.4. The molecular formula is C16H19ClN4O2. The van der Waals surface area contributed by atoms with Crippen LogP contribution in [-0.2, 0) is 0 Å². The molecule has 0 radical (unpaired) electrons. The van der Waals surface area contributed by atoms with Crippen molar-refractivity contribution in [3.8, 4) is 11.5 Å².